The molecule has 2 aromatic carbocycles. The highest BCUT2D eigenvalue weighted by atomic mass is 19.1. The number of carboxylic acid groups (broad SMARTS) is 1. The molecule has 1 saturated carbocycles. The Morgan fingerprint density at radius 3 is 2.70 bits per heavy atom. The van der Waals surface area contributed by atoms with Crippen LogP contribution in [0.1, 0.15) is 60.5 Å². The zero-order valence-corrected chi connectivity index (χ0v) is 21.5. The first-order valence-electron chi connectivity index (χ1n) is 12.9. The number of aryl methyl sites for hydroxylation is 1. The van der Waals surface area contributed by atoms with Crippen molar-refractivity contribution in [3.8, 4) is 22.8 Å². The summed E-state index contributed by atoms with van der Waals surface area (Å²) in [5.41, 5.74) is 5.41. The summed E-state index contributed by atoms with van der Waals surface area (Å²) in [6, 6.07) is 13.9. The molecule has 2 unspecified atom stereocenters. The standard InChI is InChI=1S/C30H33FN2O4/c1-17(30(34)35)29(19-5-6-19)21-7-4-18-9-11-26(37-27(18)13-21)20-8-10-23(22(12-20)15-32-2)24-14-28(36-3)33-16-25(24)31/h4,7-8,10,12-14,16-17,19,26,29,32H,5-6,9,11,15H2,1-3H3,(H,34,35)/t17-,26?,29?/m0/s1. The highest BCUT2D eigenvalue weighted by molar-refractivity contribution is 5.71. The number of hydrogen-bond donors (Lipinski definition) is 2. The van der Waals surface area contributed by atoms with Crippen LogP contribution in [0.4, 0.5) is 4.39 Å². The topological polar surface area (TPSA) is 80.7 Å². The van der Waals surface area contributed by atoms with Gasteiger partial charge in [-0.3, -0.25) is 4.79 Å². The number of methoxy groups -OCH3 is 1. The van der Waals surface area contributed by atoms with Crippen molar-refractivity contribution in [2.75, 3.05) is 14.2 Å². The minimum Gasteiger partial charge on any atom is -0.485 e. The van der Waals surface area contributed by atoms with Crippen LogP contribution < -0.4 is 14.8 Å². The van der Waals surface area contributed by atoms with E-state index >= 15 is 0 Å². The van der Waals surface area contributed by atoms with Crippen molar-refractivity contribution < 1.29 is 23.8 Å². The zero-order valence-electron chi connectivity index (χ0n) is 21.5. The maximum Gasteiger partial charge on any atom is 0.306 e. The normalized spacial score (nSPS) is 18.4. The van der Waals surface area contributed by atoms with E-state index in [1.165, 1.54) is 13.3 Å². The number of halogens is 1. The number of nitrogens with zero attached hydrogens (tertiary/aromatic N) is 1. The third kappa shape index (κ3) is 5.18. The number of rotatable bonds is 9. The lowest BCUT2D eigenvalue weighted by atomic mass is 9.82. The third-order valence-electron chi connectivity index (χ3n) is 7.68. The number of carboxylic acids is 1. The number of hydrogen-bond acceptors (Lipinski definition) is 5. The SMILES string of the molecule is CNCc1cc(C2CCc3ccc(C(C4CC4)[C@H](C)C(=O)O)cc3O2)ccc1-c1cc(OC)ncc1F. The van der Waals surface area contributed by atoms with E-state index in [1.54, 1.807) is 13.0 Å². The molecule has 2 N–H and O–H groups in total. The van der Waals surface area contributed by atoms with Gasteiger partial charge in [-0.05, 0) is 78.5 Å². The van der Waals surface area contributed by atoms with Gasteiger partial charge >= 0.3 is 5.97 Å². The Bertz CT molecular complexity index is 1310. The summed E-state index contributed by atoms with van der Waals surface area (Å²) in [5, 5.41) is 12.9. The third-order valence-corrected chi connectivity index (χ3v) is 7.68. The molecule has 6 nitrogen and oxygen atoms in total. The zero-order chi connectivity index (χ0) is 26.1. The van der Waals surface area contributed by atoms with Crippen molar-refractivity contribution >= 4 is 5.97 Å². The molecule has 0 saturated heterocycles. The monoisotopic (exact) mass is 504 g/mol. The first-order valence-corrected chi connectivity index (χ1v) is 12.9. The van der Waals surface area contributed by atoms with Gasteiger partial charge < -0.3 is 19.9 Å². The summed E-state index contributed by atoms with van der Waals surface area (Å²) in [4.78, 5) is 15.7. The van der Waals surface area contributed by atoms with Gasteiger partial charge in [0, 0.05) is 18.2 Å². The number of pyridine rings is 1. The van der Waals surface area contributed by atoms with E-state index in [0.717, 1.165) is 59.3 Å². The van der Waals surface area contributed by atoms with Gasteiger partial charge in [-0.2, -0.15) is 0 Å². The summed E-state index contributed by atoms with van der Waals surface area (Å²) in [5.74, 6) is 0.0272. The number of aliphatic carboxylic acids is 1. The Morgan fingerprint density at radius 2 is 2.00 bits per heavy atom. The van der Waals surface area contributed by atoms with Crippen LogP contribution in [0.2, 0.25) is 0 Å². The maximum atomic E-state index is 14.7. The molecule has 37 heavy (non-hydrogen) atoms. The van der Waals surface area contributed by atoms with Crippen molar-refractivity contribution in [1.82, 2.24) is 10.3 Å². The summed E-state index contributed by atoms with van der Waals surface area (Å²) >= 11 is 0. The molecule has 194 valence electrons. The molecule has 3 atom stereocenters. The second-order valence-electron chi connectivity index (χ2n) is 10.2. The Labute approximate surface area is 216 Å². The van der Waals surface area contributed by atoms with Gasteiger partial charge in [0.05, 0.1) is 19.2 Å². The molecule has 2 aliphatic rings. The molecule has 0 amide bonds. The fourth-order valence-corrected chi connectivity index (χ4v) is 5.56. The van der Waals surface area contributed by atoms with Gasteiger partial charge in [-0.1, -0.05) is 37.3 Å². The van der Waals surface area contributed by atoms with Gasteiger partial charge in [0.1, 0.15) is 17.7 Å². The molecule has 1 aliphatic heterocycles. The van der Waals surface area contributed by atoms with Crippen molar-refractivity contribution in [2.45, 2.75) is 51.2 Å². The molecule has 1 fully saturated rings. The molecule has 0 spiro atoms. The summed E-state index contributed by atoms with van der Waals surface area (Å²) in [7, 11) is 3.38. The highest BCUT2D eigenvalue weighted by Crippen LogP contribution is 2.48. The predicted molar refractivity (Wildman–Crippen MR) is 139 cm³/mol. The Balaban J connectivity index is 1.44. The average molecular weight is 505 g/mol. The van der Waals surface area contributed by atoms with Gasteiger partial charge in [0.15, 0.2) is 0 Å². The molecular weight excluding hydrogens is 471 g/mol. The molecule has 3 aromatic rings. The van der Waals surface area contributed by atoms with Gasteiger partial charge in [0.2, 0.25) is 5.88 Å². The van der Waals surface area contributed by atoms with E-state index in [0.29, 0.717) is 23.9 Å². The number of benzene rings is 2. The van der Waals surface area contributed by atoms with E-state index in [2.05, 4.69) is 34.6 Å². The summed E-state index contributed by atoms with van der Waals surface area (Å²) in [6.07, 6.45) is 4.91. The molecule has 7 heteroatoms. The number of nitrogens with one attached hydrogen (secondary N) is 1. The van der Waals surface area contributed by atoms with E-state index in [4.69, 9.17) is 9.47 Å². The highest BCUT2D eigenvalue weighted by Gasteiger charge is 2.39. The van der Waals surface area contributed by atoms with Gasteiger partial charge in [-0.15, -0.1) is 0 Å². The molecule has 1 aromatic heterocycles. The Kier molecular flexibility index (Phi) is 7.15. The van der Waals surface area contributed by atoms with E-state index in [-0.39, 0.29) is 12.0 Å². The quantitative estimate of drug-likeness (QED) is 0.378. The van der Waals surface area contributed by atoms with Crippen LogP contribution in [0.15, 0.2) is 48.7 Å². The Morgan fingerprint density at radius 1 is 1.19 bits per heavy atom. The summed E-state index contributed by atoms with van der Waals surface area (Å²) in [6.45, 7) is 2.37. The fraction of sp³-hybridized carbons (Fsp3) is 0.400. The first-order chi connectivity index (χ1) is 17.9. The van der Waals surface area contributed by atoms with Crippen LogP contribution in [0.3, 0.4) is 0 Å². The van der Waals surface area contributed by atoms with Crippen LogP contribution in [0, 0.1) is 17.7 Å². The minimum absolute atomic E-state index is 0.000501. The molecule has 1 aliphatic carbocycles. The van der Waals surface area contributed by atoms with Crippen molar-refractivity contribution in [2.24, 2.45) is 11.8 Å². The molecule has 0 bridgehead atoms. The molecular formula is C30H33FN2O4. The molecule has 2 heterocycles. The van der Waals surface area contributed by atoms with Crippen LogP contribution in [-0.2, 0) is 17.8 Å². The number of aromatic nitrogens is 1. The van der Waals surface area contributed by atoms with E-state index < -0.39 is 17.7 Å². The lowest BCUT2D eigenvalue weighted by Gasteiger charge is -2.29. The van der Waals surface area contributed by atoms with E-state index in [1.807, 2.05) is 19.2 Å². The van der Waals surface area contributed by atoms with Crippen LogP contribution in [0.25, 0.3) is 11.1 Å². The predicted octanol–water partition coefficient (Wildman–Crippen LogP) is 5.90. The van der Waals surface area contributed by atoms with E-state index in [9.17, 15) is 14.3 Å². The van der Waals surface area contributed by atoms with Crippen molar-refractivity contribution in [3.63, 3.8) is 0 Å². The minimum atomic E-state index is -0.756. The summed E-state index contributed by atoms with van der Waals surface area (Å²) < 4.78 is 26.4. The largest absolute Gasteiger partial charge is 0.485 e. The number of carbonyl (C=O) groups is 1. The maximum absolute atomic E-state index is 14.7. The van der Waals surface area contributed by atoms with Crippen molar-refractivity contribution in [3.05, 3.63) is 76.7 Å². The lowest BCUT2D eigenvalue weighted by Crippen LogP contribution is -2.21. The van der Waals surface area contributed by atoms with Gasteiger partial charge in [-0.25, -0.2) is 9.37 Å². The Hall–Kier alpha value is -3.45. The van der Waals surface area contributed by atoms with Gasteiger partial charge in [0.25, 0.3) is 0 Å². The number of fused-ring (bicyclic) bond motifs is 1. The van der Waals surface area contributed by atoms with Crippen LogP contribution in [0.5, 0.6) is 11.6 Å². The number of ether oxygens (including phenoxy) is 2. The first kappa shape index (κ1) is 25.2. The second kappa shape index (κ2) is 10.5. The fourth-order valence-electron chi connectivity index (χ4n) is 5.56. The lowest BCUT2D eigenvalue weighted by molar-refractivity contribution is -0.142. The van der Waals surface area contributed by atoms with Crippen LogP contribution in [-0.4, -0.2) is 30.2 Å². The van der Waals surface area contributed by atoms with Crippen LogP contribution >= 0.6 is 0 Å². The smallest absolute Gasteiger partial charge is 0.306 e. The van der Waals surface area contributed by atoms with Crippen molar-refractivity contribution in [1.29, 1.82) is 0 Å². The molecule has 5 rings (SSSR count). The average Bonchev–Trinajstić information content (AvgIpc) is 3.74. The second-order valence-corrected chi connectivity index (χ2v) is 10.2. The molecule has 0 radical (unpaired) electrons.